The Labute approximate surface area is 163 Å². The van der Waals surface area contributed by atoms with Crippen LogP contribution in [-0.2, 0) is 16.0 Å². The maximum Gasteiger partial charge on any atom is 0.410 e. The summed E-state index contributed by atoms with van der Waals surface area (Å²) in [5, 5.41) is 0. The first-order valence-electron chi connectivity index (χ1n) is 9.93. The maximum atomic E-state index is 12.2. The quantitative estimate of drug-likeness (QED) is 0.515. The number of benzene rings is 1. The van der Waals surface area contributed by atoms with Gasteiger partial charge in [0.2, 0.25) is 0 Å². The van der Waals surface area contributed by atoms with Crippen molar-refractivity contribution >= 4 is 12.4 Å². The molecule has 27 heavy (non-hydrogen) atoms. The highest BCUT2D eigenvalue weighted by molar-refractivity contribution is 5.69. The van der Waals surface area contributed by atoms with E-state index in [0.29, 0.717) is 39.0 Å². The molecule has 0 aromatic heterocycles. The molecule has 5 heteroatoms. The van der Waals surface area contributed by atoms with Crippen LogP contribution in [-0.4, -0.2) is 42.6 Å². The zero-order chi connectivity index (χ0) is 19.9. The summed E-state index contributed by atoms with van der Waals surface area (Å²) in [5.41, 5.74) is 0.163. The van der Waals surface area contributed by atoms with Gasteiger partial charge in [-0.2, -0.15) is 0 Å². The first-order valence-corrected chi connectivity index (χ1v) is 9.93. The van der Waals surface area contributed by atoms with Crippen LogP contribution in [0.2, 0.25) is 0 Å². The number of carbonyl (C=O) groups excluding carboxylic acids is 2. The van der Waals surface area contributed by atoms with Gasteiger partial charge >= 0.3 is 6.09 Å². The van der Waals surface area contributed by atoms with Crippen molar-refractivity contribution in [2.45, 2.75) is 65.4 Å². The zero-order valence-corrected chi connectivity index (χ0v) is 17.1. The van der Waals surface area contributed by atoms with Gasteiger partial charge in [-0.1, -0.05) is 25.5 Å². The van der Waals surface area contributed by atoms with E-state index in [1.165, 1.54) is 0 Å². The number of ether oxygens (including phenoxy) is 2. The predicted molar refractivity (Wildman–Crippen MR) is 106 cm³/mol. The monoisotopic (exact) mass is 375 g/mol. The van der Waals surface area contributed by atoms with Crippen molar-refractivity contribution in [1.82, 2.24) is 4.90 Å². The number of amides is 1. The van der Waals surface area contributed by atoms with E-state index < -0.39 is 11.0 Å². The van der Waals surface area contributed by atoms with Gasteiger partial charge < -0.3 is 19.2 Å². The van der Waals surface area contributed by atoms with E-state index in [4.69, 9.17) is 9.47 Å². The van der Waals surface area contributed by atoms with Gasteiger partial charge in [0, 0.05) is 18.5 Å². The fraction of sp³-hybridized carbons (Fsp3) is 0.636. The third-order valence-corrected chi connectivity index (χ3v) is 4.88. The SMILES string of the molecule is CCCCOc1cccc(CC2(C=O)CCN(C(=O)OC(C)(C)C)CC2)c1. The Morgan fingerprint density at radius 3 is 2.56 bits per heavy atom. The van der Waals surface area contributed by atoms with E-state index in [2.05, 4.69) is 6.92 Å². The number of hydrogen-bond acceptors (Lipinski definition) is 4. The molecule has 1 aliphatic rings. The van der Waals surface area contributed by atoms with E-state index in [-0.39, 0.29) is 6.09 Å². The molecule has 0 atom stereocenters. The minimum absolute atomic E-state index is 0.298. The number of rotatable bonds is 7. The van der Waals surface area contributed by atoms with E-state index >= 15 is 0 Å². The van der Waals surface area contributed by atoms with E-state index in [0.717, 1.165) is 30.4 Å². The van der Waals surface area contributed by atoms with Crippen molar-refractivity contribution in [2.75, 3.05) is 19.7 Å². The Balaban J connectivity index is 1.96. The molecule has 1 aromatic rings. The highest BCUT2D eigenvalue weighted by Crippen LogP contribution is 2.34. The molecule has 1 aliphatic heterocycles. The van der Waals surface area contributed by atoms with Gasteiger partial charge in [0.1, 0.15) is 17.6 Å². The highest BCUT2D eigenvalue weighted by atomic mass is 16.6. The molecule has 0 bridgehead atoms. The van der Waals surface area contributed by atoms with Crippen molar-refractivity contribution < 1.29 is 19.1 Å². The molecule has 1 aromatic carbocycles. The summed E-state index contributed by atoms with van der Waals surface area (Å²) >= 11 is 0. The molecule has 1 saturated heterocycles. The van der Waals surface area contributed by atoms with Crippen LogP contribution >= 0.6 is 0 Å². The Morgan fingerprint density at radius 2 is 1.96 bits per heavy atom. The van der Waals surface area contributed by atoms with Crippen molar-refractivity contribution in [2.24, 2.45) is 5.41 Å². The second kappa shape index (κ2) is 9.25. The molecule has 0 spiro atoms. The number of hydrogen-bond donors (Lipinski definition) is 0. The Bertz CT molecular complexity index is 627. The molecule has 0 aliphatic carbocycles. The Morgan fingerprint density at radius 1 is 1.26 bits per heavy atom. The molecule has 0 saturated carbocycles. The first kappa shape index (κ1) is 21.3. The number of nitrogens with zero attached hydrogens (tertiary/aromatic N) is 1. The second-order valence-electron chi connectivity index (χ2n) is 8.47. The van der Waals surface area contributed by atoms with Crippen LogP contribution in [0.15, 0.2) is 24.3 Å². The molecule has 150 valence electrons. The minimum atomic E-state index is -0.505. The number of aldehydes is 1. The molecule has 0 N–H and O–H groups in total. The van der Waals surface area contributed by atoms with Crippen molar-refractivity contribution in [3.8, 4) is 5.75 Å². The number of likely N-dealkylation sites (tertiary alicyclic amines) is 1. The molecule has 1 amide bonds. The number of unbranched alkanes of at least 4 members (excludes halogenated alkanes) is 1. The van der Waals surface area contributed by atoms with Crippen LogP contribution < -0.4 is 4.74 Å². The molecule has 5 nitrogen and oxygen atoms in total. The lowest BCUT2D eigenvalue weighted by molar-refractivity contribution is -0.118. The lowest BCUT2D eigenvalue weighted by atomic mass is 9.75. The largest absolute Gasteiger partial charge is 0.494 e. The summed E-state index contributed by atoms with van der Waals surface area (Å²) in [6.45, 7) is 9.52. The number of carbonyl (C=O) groups is 2. The average molecular weight is 376 g/mol. The van der Waals surface area contributed by atoms with Gasteiger partial charge in [0.05, 0.1) is 6.61 Å². The van der Waals surface area contributed by atoms with Gasteiger partial charge in [0.25, 0.3) is 0 Å². The third-order valence-electron chi connectivity index (χ3n) is 4.88. The van der Waals surface area contributed by atoms with E-state index in [1.54, 1.807) is 4.90 Å². The van der Waals surface area contributed by atoms with Gasteiger partial charge in [-0.05, 0) is 64.2 Å². The van der Waals surface area contributed by atoms with Gasteiger partial charge in [-0.25, -0.2) is 4.79 Å². The lowest BCUT2D eigenvalue weighted by Crippen LogP contribution is -2.46. The van der Waals surface area contributed by atoms with E-state index in [9.17, 15) is 9.59 Å². The summed E-state index contributed by atoms with van der Waals surface area (Å²) in [7, 11) is 0. The standard InChI is InChI=1S/C22H33NO4/c1-5-6-14-26-19-9-7-8-18(15-19)16-22(17-24)10-12-23(13-11-22)20(25)27-21(2,3)4/h7-9,15,17H,5-6,10-14,16H2,1-4H3. The van der Waals surface area contributed by atoms with Crippen molar-refractivity contribution in [1.29, 1.82) is 0 Å². The van der Waals surface area contributed by atoms with Crippen LogP contribution in [0.25, 0.3) is 0 Å². The average Bonchev–Trinajstić information content (AvgIpc) is 2.61. The first-order chi connectivity index (χ1) is 12.8. The van der Waals surface area contributed by atoms with Crippen LogP contribution in [0.1, 0.15) is 58.9 Å². The fourth-order valence-electron chi connectivity index (χ4n) is 3.28. The van der Waals surface area contributed by atoms with Crippen LogP contribution in [0.5, 0.6) is 5.75 Å². The van der Waals surface area contributed by atoms with Gasteiger partial charge in [-0.15, -0.1) is 0 Å². The minimum Gasteiger partial charge on any atom is -0.494 e. The van der Waals surface area contributed by atoms with Gasteiger partial charge in [0.15, 0.2) is 0 Å². The van der Waals surface area contributed by atoms with Crippen LogP contribution in [0.3, 0.4) is 0 Å². The summed E-state index contributed by atoms with van der Waals surface area (Å²) in [5.74, 6) is 0.855. The third kappa shape index (κ3) is 6.56. The molecule has 2 rings (SSSR count). The highest BCUT2D eigenvalue weighted by Gasteiger charge is 2.37. The van der Waals surface area contributed by atoms with Gasteiger partial charge in [-0.3, -0.25) is 0 Å². The summed E-state index contributed by atoms with van der Waals surface area (Å²) in [6.07, 6.45) is 4.87. The summed E-state index contributed by atoms with van der Waals surface area (Å²) < 4.78 is 11.2. The Hall–Kier alpha value is -2.04. The summed E-state index contributed by atoms with van der Waals surface area (Å²) in [4.78, 5) is 25.9. The van der Waals surface area contributed by atoms with E-state index in [1.807, 2.05) is 45.0 Å². The molecule has 1 heterocycles. The topological polar surface area (TPSA) is 55.8 Å². The second-order valence-corrected chi connectivity index (χ2v) is 8.47. The summed E-state index contributed by atoms with van der Waals surface area (Å²) in [6, 6.07) is 8.00. The zero-order valence-electron chi connectivity index (χ0n) is 17.1. The lowest BCUT2D eigenvalue weighted by Gasteiger charge is -2.38. The fourth-order valence-corrected chi connectivity index (χ4v) is 3.28. The maximum absolute atomic E-state index is 12.2. The molecule has 1 fully saturated rings. The molecule has 0 radical (unpaired) electrons. The normalized spacial score (nSPS) is 16.7. The molecule has 0 unspecified atom stereocenters. The molecular weight excluding hydrogens is 342 g/mol. The smallest absolute Gasteiger partial charge is 0.410 e. The Kier molecular flexibility index (Phi) is 7.28. The van der Waals surface area contributed by atoms with Crippen LogP contribution in [0.4, 0.5) is 4.79 Å². The molecular formula is C22H33NO4. The predicted octanol–water partition coefficient (Wildman–Crippen LogP) is 4.62. The van der Waals surface area contributed by atoms with Crippen LogP contribution in [0, 0.1) is 5.41 Å². The van der Waals surface area contributed by atoms with Crippen molar-refractivity contribution in [3.05, 3.63) is 29.8 Å². The van der Waals surface area contributed by atoms with Crippen molar-refractivity contribution in [3.63, 3.8) is 0 Å². The number of piperidine rings is 1.